The quantitative estimate of drug-likeness (QED) is 0.294. The number of ether oxygens (including phenoxy) is 1. The van der Waals surface area contributed by atoms with Crippen LogP contribution in [0.15, 0.2) is 59.8 Å². The summed E-state index contributed by atoms with van der Waals surface area (Å²) < 4.78 is 6.85. The third-order valence-electron chi connectivity index (χ3n) is 4.48. The predicted molar refractivity (Wildman–Crippen MR) is 121 cm³/mol. The molecule has 0 fully saturated rings. The van der Waals surface area contributed by atoms with Crippen LogP contribution in [0.1, 0.15) is 25.3 Å². The maximum Gasteiger partial charge on any atom is 0.305 e. The monoisotopic (exact) mass is 438 g/mol. The number of nitrogens with one attached hydrogen (secondary N) is 1. The normalized spacial score (nSPS) is 10.6. The first-order valence-electron chi connectivity index (χ1n) is 10.2. The molecule has 0 aliphatic carbocycles. The highest BCUT2D eigenvalue weighted by Gasteiger charge is 2.17. The lowest BCUT2D eigenvalue weighted by Gasteiger charge is -2.11. The van der Waals surface area contributed by atoms with Crippen LogP contribution in [0.5, 0.6) is 0 Å². The van der Waals surface area contributed by atoms with E-state index in [2.05, 4.69) is 15.5 Å². The molecule has 0 atom stereocenters. The number of amides is 1. The van der Waals surface area contributed by atoms with Gasteiger partial charge < -0.3 is 10.1 Å². The summed E-state index contributed by atoms with van der Waals surface area (Å²) in [6.45, 7) is 4.61. The van der Waals surface area contributed by atoms with Crippen LogP contribution in [0.2, 0.25) is 0 Å². The van der Waals surface area contributed by atoms with Crippen molar-refractivity contribution in [3.05, 3.63) is 60.2 Å². The molecule has 0 unspecified atom stereocenters. The van der Waals surface area contributed by atoms with Gasteiger partial charge in [-0.15, -0.1) is 10.2 Å². The number of hydrogen-bond acceptors (Lipinski definition) is 6. The Labute approximate surface area is 186 Å². The number of benzene rings is 2. The summed E-state index contributed by atoms with van der Waals surface area (Å²) >= 11 is 1.33. The molecule has 0 aliphatic rings. The molecule has 0 bridgehead atoms. The van der Waals surface area contributed by atoms with Crippen LogP contribution in [0.3, 0.4) is 0 Å². The summed E-state index contributed by atoms with van der Waals surface area (Å²) in [4.78, 5) is 23.6. The largest absolute Gasteiger partial charge is 0.466 e. The minimum atomic E-state index is -0.245. The van der Waals surface area contributed by atoms with Crippen LogP contribution >= 0.6 is 11.8 Å². The van der Waals surface area contributed by atoms with E-state index in [9.17, 15) is 9.59 Å². The third-order valence-corrected chi connectivity index (χ3v) is 5.40. The molecule has 31 heavy (non-hydrogen) atoms. The summed E-state index contributed by atoms with van der Waals surface area (Å²) in [5.74, 6) is 0.569. The average molecular weight is 439 g/mol. The summed E-state index contributed by atoms with van der Waals surface area (Å²) in [5.41, 5.74) is 3.05. The van der Waals surface area contributed by atoms with Crippen LogP contribution in [0.25, 0.3) is 17.1 Å². The smallest absolute Gasteiger partial charge is 0.305 e. The lowest BCUT2D eigenvalue weighted by atomic mass is 10.2. The fourth-order valence-corrected chi connectivity index (χ4v) is 3.72. The Morgan fingerprint density at radius 2 is 1.81 bits per heavy atom. The van der Waals surface area contributed by atoms with Crippen molar-refractivity contribution in [2.45, 2.75) is 31.8 Å². The average Bonchev–Trinajstić information content (AvgIpc) is 3.20. The fraction of sp³-hybridized carbons (Fsp3) is 0.304. The lowest BCUT2D eigenvalue weighted by molar-refractivity contribution is -0.143. The predicted octanol–water partition coefficient (Wildman–Crippen LogP) is 3.79. The number of thioether (sulfide) groups is 1. The number of esters is 1. The van der Waals surface area contributed by atoms with Gasteiger partial charge in [0.15, 0.2) is 11.0 Å². The van der Waals surface area contributed by atoms with Gasteiger partial charge in [-0.1, -0.05) is 59.8 Å². The molecule has 0 aliphatic heterocycles. The minimum Gasteiger partial charge on any atom is -0.466 e. The van der Waals surface area contributed by atoms with Crippen molar-refractivity contribution in [2.75, 3.05) is 18.9 Å². The first-order valence-corrected chi connectivity index (χ1v) is 11.2. The molecular formula is C23H26N4O3S. The summed E-state index contributed by atoms with van der Waals surface area (Å²) in [6, 6.07) is 18.0. The maximum atomic E-state index is 12.3. The number of aromatic nitrogens is 3. The molecule has 3 aromatic rings. The molecule has 1 aromatic heterocycles. The van der Waals surface area contributed by atoms with Gasteiger partial charge in [0, 0.05) is 24.2 Å². The van der Waals surface area contributed by atoms with Crippen LogP contribution in [0, 0.1) is 6.92 Å². The van der Waals surface area contributed by atoms with Crippen LogP contribution in [-0.2, 0) is 14.3 Å². The summed E-state index contributed by atoms with van der Waals surface area (Å²) in [5, 5.41) is 12.2. The van der Waals surface area contributed by atoms with E-state index in [1.54, 1.807) is 6.92 Å². The SMILES string of the molecule is CCOC(=O)CCCNC(=O)CSc1nnc(-c2ccccc2)n1-c1ccc(C)cc1. The van der Waals surface area contributed by atoms with Gasteiger partial charge in [0.25, 0.3) is 0 Å². The van der Waals surface area contributed by atoms with Gasteiger partial charge in [0.05, 0.1) is 12.4 Å². The zero-order valence-electron chi connectivity index (χ0n) is 17.7. The Bertz CT molecular complexity index is 1000. The summed E-state index contributed by atoms with van der Waals surface area (Å²) in [6.07, 6.45) is 0.844. The van der Waals surface area contributed by atoms with Gasteiger partial charge in [0.2, 0.25) is 5.91 Å². The molecule has 3 rings (SSSR count). The van der Waals surface area contributed by atoms with Crippen molar-refractivity contribution in [1.82, 2.24) is 20.1 Å². The highest BCUT2D eigenvalue weighted by molar-refractivity contribution is 7.99. The van der Waals surface area contributed by atoms with E-state index in [1.165, 1.54) is 11.8 Å². The van der Waals surface area contributed by atoms with E-state index >= 15 is 0 Å². The van der Waals surface area contributed by atoms with Crippen molar-refractivity contribution in [2.24, 2.45) is 0 Å². The van der Waals surface area contributed by atoms with Crippen LogP contribution in [-0.4, -0.2) is 45.5 Å². The number of rotatable bonds is 10. The van der Waals surface area contributed by atoms with Gasteiger partial charge in [-0.05, 0) is 32.4 Å². The number of hydrogen-bond donors (Lipinski definition) is 1. The van der Waals surface area contributed by atoms with Crippen molar-refractivity contribution in [3.8, 4) is 17.1 Å². The zero-order valence-corrected chi connectivity index (χ0v) is 18.5. The second-order valence-corrected chi connectivity index (χ2v) is 7.83. The van der Waals surface area contributed by atoms with E-state index in [-0.39, 0.29) is 17.6 Å². The molecule has 0 saturated carbocycles. The Balaban J connectivity index is 1.67. The molecule has 162 valence electrons. The van der Waals surface area contributed by atoms with Gasteiger partial charge >= 0.3 is 5.97 Å². The van der Waals surface area contributed by atoms with E-state index in [1.807, 2.05) is 66.1 Å². The van der Waals surface area contributed by atoms with Crippen molar-refractivity contribution >= 4 is 23.6 Å². The van der Waals surface area contributed by atoms with Gasteiger partial charge in [-0.2, -0.15) is 0 Å². The Morgan fingerprint density at radius 3 is 2.52 bits per heavy atom. The van der Waals surface area contributed by atoms with E-state index < -0.39 is 0 Å². The van der Waals surface area contributed by atoms with E-state index in [0.717, 1.165) is 22.6 Å². The van der Waals surface area contributed by atoms with Gasteiger partial charge in [0.1, 0.15) is 0 Å². The second-order valence-electron chi connectivity index (χ2n) is 6.89. The van der Waals surface area contributed by atoms with Crippen LogP contribution < -0.4 is 5.32 Å². The highest BCUT2D eigenvalue weighted by atomic mass is 32.2. The minimum absolute atomic E-state index is 0.117. The standard InChI is InChI=1S/C23H26N4O3S/c1-3-30-21(29)10-7-15-24-20(28)16-31-23-26-25-22(18-8-5-4-6-9-18)27(23)19-13-11-17(2)12-14-19/h4-6,8-9,11-14H,3,7,10,15-16H2,1-2H3,(H,24,28). The topological polar surface area (TPSA) is 86.1 Å². The second kappa shape index (κ2) is 11.3. The number of carbonyl (C=O) groups is 2. The zero-order chi connectivity index (χ0) is 22.1. The Morgan fingerprint density at radius 1 is 1.06 bits per heavy atom. The number of aryl methyl sites for hydroxylation is 1. The highest BCUT2D eigenvalue weighted by Crippen LogP contribution is 2.28. The molecule has 1 amide bonds. The molecule has 2 aromatic carbocycles. The number of carbonyl (C=O) groups excluding carboxylic acids is 2. The Hall–Kier alpha value is -3.13. The molecule has 0 saturated heterocycles. The first kappa shape index (κ1) is 22.6. The molecule has 7 nitrogen and oxygen atoms in total. The molecule has 1 heterocycles. The van der Waals surface area contributed by atoms with Crippen molar-refractivity contribution < 1.29 is 14.3 Å². The molecular weight excluding hydrogens is 412 g/mol. The molecule has 1 N–H and O–H groups in total. The maximum absolute atomic E-state index is 12.3. The van der Waals surface area contributed by atoms with E-state index in [0.29, 0.717) is 31.1 Å². The fourth-order valence-electron chi connectivity index (χ4n) is 2.94. The van der Waals surface area contributed by atoms with Crippen molar-refractivity contribution in [3.63, 3.8) is 0 Å². The van der Waals surface area contributed by atoms with Crippen LogP contribution in [0.4, 0.5) is 0 Å². The molecule has 0 spiro atoms. The first-order chi connectivity index (χ1) is 15.1. The van der Waals surface area contributed by atoms with Gasteiger partial charge in [-0.25, -0.2) is 0 Å². The number of nitrogens with zero attached hydrogens (tertiary/aromatic N) is 3. The Kier molecular flexibility index (Phi) is 8.23. The third kappa shape index (κ3) is 6.42. The van der Waals surface area contributed by atoms with E-state index in [4.69, 9.17) is 4.74 Å². The summed E-state index contributed by atoms with van der Waals surface area (Å²) in [7, 11) is 0. The van der Waals surface area contributed by atoms with Crippen molar-refractivity contribution in [1.29, 1.82) is 0 Å². The molecule has 0 radical (unpaired) electrons. The van der Waals surface area contributed by atoms with Gasteiger partial charge in [-0.3, -0.25) is 14.2 Å². The molecule has 8 heteroatoms. The lowest BCUT2D eigenvalue weighted by Crippen LogP contribution is -2.26.